The molecule has 1 aromatic rings. The van der Waals surface area contributed by atoms with E-state index in [2.05, 4.69) is 28.7 Å². The Bertz CT molecular complexity index is 358. The Morgan fingerprint density at radius 3 is 2.94 bits per heavy atom. The number of ether oxygens (including phenoxy) is 1. The number of nitrogens with two attached hydrogens (primary N) is 1. The minimum absolute atomic E-state index is 0.226. The lowest BCUT2D eigenvalue weighted by Gasteiger charge is -2.38. The molecule has 16 heavy (non-hydrogen) atoms. The Morgan fingerprint density at radius 2 is 2.19 bits per heavy atom. The smallest absolute Gasteiger partial charge is 0.152 e. The van der Waals surface area contributed by atoms with Crippen LogP contribution in [0.2, 0.25) is 0 Å². The zero-order valence-electron chi connectivity index (χ0n) is 9.76. The third kappa shape index (κ3) is 2.15. The van der Waals surface area contributed by atoms with Gasteiger partial charge < -0.3 is 15.4 Å². The molecule has 0 amide bonds. The summed E-state index contributed by atoms with van der Waals surface area (Å²) in [5.41, 5.74) is 6.53. The fraction of sp³-hybridized carbons (Fsp3) is 0.636. The summed E-state index contributed by atoms with van der Waals surface area (Å²) in [6.45, 7) is 6.18. The van der Waals surface area contributed by atoms with Gasteiger partial charge in [-0.05, 0) is 13.8 Å². The minimum Gasteiger partial charge on any atom is -0.375 e. The Balaban J connectivity index is 2.27. The highest BCUT2D eigenvalue weighted by atomic mass is 16.5. The van der Waals surface area contributed by atoms with Crippen molar-refractivity contribution >= 4 is 5.82 Å². The fourth-order valence-electron chi connectivity index (χ4n) is 1.94. The van der Waals surface area contributed by atoms with E-state index in [0.717, 1.165) is 24.7 Å². The molecular weight excluding hydrogens is 204 g/mol. The van der Waals surface area contributed by atoms with E-state index in [9.17, 15) is 0 Å². The van der Waals surface area contributed by atoms with Gasteiger partial charge >= 0.3 is 0 Å². The number of anilines is 1. The summed E-state index contributed by atoms with van der Waals surface area (Å²) in [6.07, 6.45) is 3.62. The molecule has 0 saturated carbocycles. The summed E-state index contributed by atoms with van der Waals surface area (Å²) in [4.78, 5) is 10.9. The normalized spacial score (nSPS) is 25.8. The Kier molecular flexibility index (Phi) is 3.36. The quantitative estimate of drug-likeness (QED) is 0.791. The van der Waals surface area contributed by atoms with Crippen LogP contribution in [0.15, 0.2) is 12.4 Å². The lowest BCUT2D eigenvalue weighted by atomic mass is 10.2. The van der Waals surface area contributed by atoms with Gasteiger partial charge in [0.15, 0.2) is 5.82 Å². The molecule has 2 atom stereocenters. The standard InChI is InChI=1S/C11H18N4O/c1-8-7-16-9(2)6-15(8)11-10(5-12)13-3-4-14-11/h3-4,8-9H,5-7,12H2,1-2H3. The van der Waals surface area contributed by atoms with Crippen LogP contribution in [0.5, 0.6) is 0 Å². The van der Waals surface area contributed by atoms with Crippen molar-refractivity contribution in [3.63, 3.8) is 0 Å². The van der Waals surface area contributed by atoms with E-state index in [0.29, 0.717) is 12.6 Å². The van der Waals surface area contributed by atoms with Gasteiger partial charge in [0.05, 0.1) is 24.4 Å². The van der Waals surface area contributed by atoms with Gasteiger partial charge in [-0.25, -0.2) is 4.98 Å². The first kappa shape index (κ1) is 11.3. The molecule has 0 spiro atoms. The van der Waals surface area contributed by atoms with Crippen molar-refractivity contribution in [2.24, 2.45) is 5.73 Å². The number of hydrogen-bond donors (Lipinski definition) is 1. The lowest BCUT2D eigenvalue weighted by molar-refractivity contribution is 0.0339. The highest BCUT2D eigenvalue weighted by Gasteiger charge is 2.26. The largest absolute Gasteiger partial charge is 0.375 e. The molecule has 2 N–H and O–H groups in total. The summed E-state index contributed by atoms with van der Waals surface area (Å²) in [5.74, 6) is 0.896. The average Bonchev–Trinajstić information content (AvgIpc) is 2.32. The predicted molar refractivity (Wildman–Crippen MR) is 62.1 cm³/mol. The molecular formula is C11H18N4O. The minimum atomic E-state index is 0.226. The maximum Gasteiger partial charge on any atom is 0.152 e. The van der Waals surface area contributed by atoms with Gasteiger partial charge in [0.1, 0.15) is 0 Å². The number of aromatic nitrogens is 2. The number of morpholine rings is 1. The molecule has 2 rings (SSSR count). The van der Waals surface area contributed by atoms with Crippen LogP contribution in [0, 0.1) is 0 Å². The summed E-state index contributed by atoms with van der Waals surface area (Å²) < 4.78 is 5.59. The van der Waals surface area contributed by atoms with E-state index in [-0.39, 0.29) is 6.10 Å². The van der Waals surface area contributed by atoms with E-state index in [4.69, 9.17) is 10.5 Å². The van der Waals surface area contributed by atoms with Crippen LogP contribution in [0.1, 0.15) is 19.5 Å². The van der Waals surface area contributed by atoms with E-state index in [1.165, 1.54) is 0 Å². The zero-order chi connectivity index (χ0) is 11.5. The van der Waals surface area contributed by atoms with Crippen LogP contribution < -0.4 is 10.6 Å². The predicted octanol–water partition coefficient (Wildman–Crippen LogP) is 0.549. The highest BCUT2D eigenvalue weighted by Crippen LogP contribution is 2.21. The Morgan fingerprint density at radius 1 is 1.44 bits per heavy atom. The van der Waals surface area contributed by atoms with Gasteiger partial charge in [-0.1, -0.05) is 0 Å². The van der Waals surface area contributed by atoms with Crippen molar-refractivity contribution in [3.8, 4) is 0 Å². The molecule has 1 aromatic heterocycles. The van der Waals surface area contributed by atoms with Gasteiger partial charge in [-0.15, -0.1) is 0 Å². The third-order valence-corrected chi connectivity index (χ3v) is 2.83. The first-order chi connectivity index (χ1) is 7.72. The van der Waals surface area contributed by atoms with Gasteiger partial charge in [0.25, 0.3) is 0 Å². The fourth-order valence-corrected chi connectivity index (χ4v) is 1.94. The van der Waals surface area contributed by atoms with Crippen LogP contribution >= 0.6 is 0 Å². The molecule has 2 heterocycles. The molecule has 0 aliphatic carbocycles. The summed E-state index contributed by atoms with van der Waals surface area (Å²) >= 11 is 0. The Hall–Kier alpha value is -1.20. The van der Waals surface area contributed by atoms with Crippen molar-refractivity contribution in [1.82, 2.24) is 9.97 Å². The molecule has 5 nitrogen and oxygen atoms in total. The van der Waals surface area contributed by atoms with Gasteiger partial charge in [0, 0.05) is 25.5 Å². The van der Waals surface area contributed by atoms with E-state index in [1.54, 1.807) is 12.4 Å². The van der Waals surface area contributed by atoms with Crippen molar-refractivity contribution in [2.45, 2.75) is 32.5 Å². The number of hydrogen-bond acceptors (Lipinski definition) is 5. The second kappa shape index (κ2) is 4.76. The zero-order valence-corrected chi connectivity index (χ0v) is 9.76. The second-order valence-corrected chi connectivity index (χ2v) is 4.18. The molecule has 0 radical (unpaired) electrons. The molecule has 1 aliphatic rings. The molecule has 1 saturated heterocycles. The lowest BCUT2D eigenvalue weighted by Crippen LogP contribution is -2.48. The summed E-state index contributed by atoms with van der Waals surface area (Å²) in [6, 6.07) is 0.318. The molecule has 1 aliphatic heterocycles. The maximum absolute atomic E-state index is 5.68. The van der Waals surface area contributed by atoms with Crippen molar-refractivity contribution in [3.05, 3.63) is 18.1 Å². The van der Waals surface area contributed by atoms with Gasteiger partial charge in [-0.3, -0.25) is 4.98 Å². The average molecular weight is 222 g/mol. The topological polar surface area (TPSA) is 64.3 Å². The van der Waals surface area contributed by atoms with E-state index >= 15 is 0 Å². The van der Waals surface area contributed by atoms with E-state index in [1.807, 2.05) is 0 Å². The van der Waals surface area contributed by atoms with Gasteiger partial charge in [-0.2, -0.15) is 0 Å². The van der Waals surface area contributed by atoms with Gasteiger partial charge in [0.2, 0.25) is 0 Å². The molecule has 88 valence electrons. The third-order valence-electron chi connectivity index (χ3n) is 2.83. The first-order valence-electron chi connectivity index (χ1n) is 5.60. The van der Waals surface area contributed by atoms with Crippen molar-refractivity contribution in [1.29, 1.82) is 0 Å². The molecule has 0 aromatic carbocycles. The van der Waals surface area contributed by atoms with Crippen LogP contribution in [-0.2, 0) is 11.3 Å². The summed E-state index contributed by atoms with van der Waals surface area (Å²) in [5, 5.41) is 0. The molecule has 0 bridgehead atoms. The second-order valence-electron chi connectivity index (χ2n) is 4.18. The van der Waals surface area contributed by atoms with Crippen LogP contribution in [0.3, 0.4) is 0 Å². The van der Waals surface area contributed by atoms with Crippen LogP contribution in [-0.4, -0.2) is 35.3 Å². The van der Waals surface area contributed by atoms with Crippen molar-refractivity contribution in [2.75, 3.05) is 18.1 Å². The number of rotatable bonds is 2. The first-order valence-corrected chi connectivity index (χ1v) is 5.60. The van der Waals surface area contributed by atoms with Crippen LogP contribution in [0.25, 0.3) is 0 Å². The molecule has 5 heteroatoms. The van der Waals surface area contributed by atoms with Crippen molar-refractivity contribution < 1.29 is 4.74 Å². The van der Waals surface area contributed by atoms with Crippen LogP contribution in [0.4, 0.5) is 5.82 Å². The Labute approximate surface area is 95.6 Å². The highest BCUT2D eigenvalue weighted by molar-refractivity contribution is 5.44. The SMILES string of the molecule is CC1CN(c2nccnc2CN)C(C)CO1. The monoisotopic (exact) mass is 222 g/mol. The molecule has 1 fully saturated rings. The number of nitrogens with zero attached hydrogens (tertiary/aromatic N) is 3. The summed E-state index contributed by atoms with van der Waals surface area (Å²) in [7, 11) is 0. The van der Waals surface area contributed by atoms with E-state index < -0.39 is 0 Å². The maximum atomic E-state index is 5.68. The molecule has 2 unspecified atom stereocenters.